The van der Waals surface area contributed by atoms with Crippen LogP contribution in [0.25, 0.3) is 0 Å². The molecule has 0 amide bonds. The number of ether oxygens (including phenoxy) is 1. The fourth-order valence-corrected chi connectivity index (χ4v) is 1.52. The van der Waals surface area contributed by atoms with Gasteiger partial charge in [-0.3, -0.25) is 4.79 Å². The number of rotatable bonds is 4. The maximum absolute atomic E-state index is 10.7. The van der Waals surface area contributed by atoms with Gasteiger partial charge in [0, 0.05) is 6.42 Å². The van der Waals surface area contributed by atoms with Crippen molar-refractivity contribution in [1.82, 2.24) is 0 Å². The Morgan fingerprint density at radius 1 is 1.44 bits per heavy atom. The van der Waals surface area contributed by atoms with Crippen molar-refractivity contribution in [2.24, 2.45) is 5.73 Å². The predicted octanol–water partition coefficient (Wildman–Crippen LogP) is 1.27. The van der Waals surface area contributed by atoms with Gasteiger partial charge < -0.3 is 15.6 Å². The third-order valence-electron chi connectivity index (χ3n) is 2.65. The number of carboxylic acid groups (broad SMARTS) is 1. The summed E-state index contributed by atoms with van der Waals surface area (Å²) in [6.07, 6.45) is 0.277. The van der Waals surface area contributed by atoms with E-state index in [1.807, 2.05) is 26.0 Å². The summed E-state index contributed by atoms with van der Waals surface area (Å²) in [5.74, 6) is -0.305. The summed E-state index contributed by atoms with van der Waals surface area (Å²) in [6, 6.07) is 2.94. The Kier molecular flexibility index (Phi) is 3.90. The van der Waals surface area contributed by atoms with E-state index < -0.39 is 12.0 Å². The van der Waals surface area contributed by atoms with Crippen molar-refractivity contribution in [2.45, 2.75) is 26.3 Å². The van der Waals surface area contributed by atoms with Crippen LogP contribution in [0.15, 0.2) is 12.1 Å². The fourth-order valence-electron chi connectivity index (χ4n) is 1.52. The topological polar surface area (TPSA) is 72.5 Å². The van der Waals surface area contributed by atoms with E-state index in [-0.39, 0.29) is 6.42 Å². The average Bonchev–Trinajstić information content (AvgIpc) is 2.22. The van der Waals surface area contributed by atoms with Gasteiger partial charge in [0.2, 0.25) is 0 Å². The Balaban J connectivity index is 3.03. The molecule has 1 unspecified atom stereocenters. The monoisotopic (exact) mass is 223 g/mol. The highest BCUT2D eigenvalue weighted by molar-refractivity contribution is 5.73. The number of hydrogen-bond acceptors (Lipinski definition) is 3. The second kappa shape index (κ2) is 4.99. The molecular weight excluding hydrogens is 206 g/mol. The summed E-state index contributed by atoms with van der Waals surface area (Å²) in [5.41, 5.74) is 8.56. The molecule has 1 aromatic carbocycles. The van der Waals surface area contributed by atoms with Crippen LogP contribution in [0.5, 0.6) is 5.75 Å². The molecule has 4 nitrogen and oxygen atoms in total. The van der Waals surface area contributed by atoms with E-state index in [1.54, 1.807) is 7.11 Å². The maximum Gasteiger partial charge on any atom is 0.320 e. The lowest BCUT2D eigenvalue weighted by atomic mass is 10.00. The SMILES string of the molecule is COc1cc(C)c(C)cc1CC(N)C(=O)O. The van der Waals surface area contributed by atoms with Crippen molar-refractivity contribution in [3.63, 3.8) is 0 Å². The van der Waals surface area contributed by atoms with E-state index >= 15 is 0 Å². The van der Waals surface area contributed by atoms with Crippen molar-refractivity contribution in [1.29, 1.82) is 0 Å². The van der Waals surface area contributed by atoms with E-state index in [9.17, 15) is 4.79 Å². The van der Waals surface area contributed by atoms with Crippen LogP contribution in [0.2, 0.25) is 0 Å². The van der Waals surface area contributed by atoms with Crippen LogP contribution in [-0.2, 0) is 11.2 Å². The first-order valence-corrected chi connectivity index (χ1v) is 5.08. The molecule has 0 aliphatic heterocycles. The van der Waals surface area contributed by atoms with Gasteiger partial charge in [-0.25, -0.2) is 0 Å². The van der Waals surface area contributed by atoms with E-state index in [0.29, 0.717) is 5.75 Å². The van der Waals surface area contributed by atoms with Gasteiger partial charge >= 0.3 is 5.97 Å². The molecule has 1 aromatic rings. The van der Waals surface area contributed by atoms with Crippen LogP contribution in [-0.4, -0.2) is 24.2 Å². The van der Waals surface area contributed by atoms with Crippen molar-refractivity contribution >= 4 is 5.97 Å². The van der Waals surface area contributed by atoms with Gasteiger partial charge in [0.25, 0.3) is 0 Å². The zero-order valence-electron chi connectivity index (χ0n) is 9.78. The van der Waals surface area contributed by atoms with Crippen LogP contribution in [0.4, 0.5) is 0 Å². The molecule has 0 aliphatic carbocycles. The molecule has 4 heteroatoms. The molecule has 0 fully saturated rings. The number of nitrogens with two attached hydrogens (primary N) is 1. The van der Waals surface area contributed by atoms with Crippen LogP contribution in [0, 0.1) is 13.8 Å². The van der Waals surface area contributed by atoms with Crippen molar-refractivity contribution in [3.8, 4) is 5.75 Å². The Morgan fingerprint density at radius 3 is 2.50 bits per heavy atom. The average molecular weight is 223 g/mol. The third-order valence-corrected chi connectivity index (χ3v) is 2.65. The summed E-state index contributed by atoms with van der Waals surface area (Å²) < 4.78 is 5.21. The molecular formula is C12H17NO3. The van der Waals surface area contributed by atoms with E-state index in [4.69, 9.17) is 15.6 Å². The van der Waals surface area contributed by atoms with Gasteiger partial charge in [-0.1, -0.05) is 6.07 Å². The van der Waals surface area contributed by atoms with Crippen LogP contribution in [0.1, 0.15) is 16.7 Å². The number of carbonyl (C=O) groups is 1. The molecule has 0 aliphatic rings. The third kappa shape index (κ3) is 2.73. The number of aryl methyl sites for hydroxylation is 2. The minimum Gasteiger partial charge on any atom is -0.496 e. The smallest absolute Gasteiger partial charge is 0.320 e. The quantitative estimate of drug-likeness (QED) is 0.806. The van der Waals surface area contributed by atoms with Gasteiger partial charge in [0.15, 0.2) is 0 Å². The molecule has 0 radical (unpaired) electrons. The maximum atomic E-state index is 10.7. The first kappa shape index (κ1) is 12.5. The summed E-state index contributed by atoms with van der Waals surface area (Å²) in [5, 5.41) is 8.76. The normalized spacial score (nSPS) is 12.2. The first-order chi connectivity index (χ1) is 7.45. The van der Waals surface area contributed by atoms with Crippen molar-refractivity contribution in [2.75, 3.05) is 7.11 Å². The van der Waals surface area contributed by atoms with E-state index in [0.717, 1.165) is 16.7 Å². The summed E-state index contributed by atoms with van der Waals surface area (Å²) in [7, 11) is 1.57. The first-order valence-electron chi connectivity index (χ1n) is 5.08. The van der Waals surface area contributed by atoms with E-state index in [1.165, 1.54) is 0 Å². The highest BCUT2D eigenvalue weighted by atomic mass is 16.5. The van der Waals surface area contributed by atoms with Gasteiger partial charge in [-0.05, 0) is 36.6 Å². The van der Waals surface area contributed by atoms with Crippen molar-refractivity contribution in [3.05, 3.63) is 28.8 Å². The number of carboxylic acids is 1. The highest BCUT2D eigenvalue weighted by Crippen LogP contribution is 2.24. The molecule has 0 spiro atoms. The molecule has 1 atom stereocenters. The summed E-state index contributed by atoms with van der Waals surface area (Å²) >= 11 is 0. The van der Waals surface area contributed by atoms with Crippen LogP contribution in [0.3, 0.4) is 0 Å². The number of methoxy groups -OCH3 is 1. The van der Waals surface area contributed by atoms with Crippen LogP contribution >= 0.6 is 0 Å². The molecule has 88 valence electrons. The molecule has 16 heavy (non-hydrogen) atoms. The number of aliphatic carboxylic acids is 1. The summed E-state index contributed by atoms with van der Waals surface area (Å²) in [4.78, 5) is 10.7. The minimum absolute atomic E-state index is 0.277. The lowest BCUT2D eigenvalue weighted by molar-refractivity contribution is -0.138. The van der Waals surface area contributed by atoms with Crippen LogP contribution < -0.4 is 10.5 Å². The minimum atomic E-state index is -1.000. The molecule has 0 bridgehead atoms. The second-order valence-electron chi connectivity index (χ2n) is 3.90. The van der Waals surface area contributed by atoms with Gasteiger partial charge in [-0.2, -0.15) is 0 Å². The molecule has 0 aromatic heterocycles. The Labute approximate surface area is 95.0 Å². The Morgan fingerprint density at radius 2 is 2.00 bits per heavy atom. The Hall–Kier alpha value is -1.55. The Bertz CT molecular complexity index is 401. The largest absolute Gasteiger partial charge is 0.496 e. The molecule has 0 saturated carbocycles. The van der Waals surface area contributed by atoms with Gasteiger partial charge in [0.1, 0.15) is 11.8 Å². The molecule has 1 rings (SSSR count). The second-order valence-corrected chi connectivity index (χ2v) is 3.90. The lowest BCUT2D eigenvalue weighted by Gasteiger charge is -2.13. The van der Waals surface area contributed by atoms with Gasteiger partial charge in [-0.15, -0.1) is 0 Å². The zero-order valence-corrected chi connectivity index (χ0v) is 9.78. The summed E-state index contributed by atoms with van der Waals surface area (Å²) in [6.45, 7) is 3.96. The zero-order chi connectivity index (χ0) is 12.3. The molecule has 0 saturated heterocycles. The van der Waals surface area contributed by atoms with Gasteiger partial charge in [0.05, 0.1) is 7.11 Å². The standard InChI is InChI=1S/C12H17NO3/c1-7-4-9(6-10(13)12(14)15)11(16-3)5-8(7)2/h4-5,10H,6,13H2,1-3H3,(H,14,15). The van der Waals surface area contributed by atoms with Crippen molar-refractivity contribution < 1.29 is 14.6 Å². The number of benzene rings is 1. The molecule has 3 N–H and O–H groups in total. The highest BCUT2D eigenvalue weighted by Gasteiger charge is 2.15. The predicted molar refractivity (Wildman–Crippen MR) is 61.8 cm³/mol. The fraction of sp³-hybridized carbons (Fsp3) is 0.417. The van der Waals surface area contributed by atoms with E-state index in [2.05, 4.69) is 0 Å². The lowest BCUT2D eigenvalue weighted by Crippen LogP contribution is -2.32. The molecule has 0 heterocycles. The number of hydrogen-bond donors (Lipinski definition) is 2.